The molecule has 1 heterocycles. The predicted molar refractivity (Wildman–Crippen MR) is 129 cm³/mol. The lowest BCUT2D eigenvalue weighted by Gasteiger charge is -2.16. The second-order valence-corrected chi connectivity index (χ2v) is 8.38. The zero-order valence-corrected chi connectivity index (χ0v) is 19.4. The molecule has 0 spiro atoms. The van der Waals surface area contributed by atoms with Gasteiger partial charge < -0.3 is 9.47 Å². The topological polar surface area (TPSA) is 48.4 Å². The first-order chi connectivity index (χ1) is 15.3. The largest absolute Gasteiger partial charge is 0.497 e. The van der Waals surface area contributed by atoms with Crippen LogP contribution >= 0.6 is 0 Å². The van der Waals surface area contributed by atoms with E-state index in [-0.39, 0.29) is 5.97 Å². The minimum Gasteiger partial charge on any atom is -0.497 e. The summed E-state index contributed by atoms with van der Waals surface area (Å²) >= 11 is 0. The van der Waals surface area contributed by atoms with E-state index >= 15 is 0 Å². The van der Waals surface area contributed by atoms with Crippen LogP contribution in [0.25, 0.3) is 22.2 Å². The van der Waals surface area contributed by atoms with Crippen LogP contribution in [0.5, 0.6) is 11.5 Å². The lowest BCUT2D eigenvalue weighted by molar-refractivity contribution is 0.0736. The predicted octanol–water partition coefficient (Wildman–Crippen LogP) is 6.67. The summed E-state index contributed by atoms with van der Waals surface area (Å²) in [5.41, 5.74) is 8.03. The standard InChI is InChI=1S/C28H27NO3/c1-16-11-17(2)14-23(13-16)32-28(30)25-20(5)27(21-7-9-22(31-6)10-8-21)29-26-19(4)12-18(3)15-24(25)26/h7-15H,1-6H3. The zero-order chi connectivity index (χ0) is 23.0. The van der Waals surface area contributed by atoms with Gasteiger partial charge in [-0.3, -0.25) is 0 Å². The van der Waals surface area contributed by atoms with Gasteiger partial charge in [-0.25, -0.2) is 9.78 Å². The summed E-state index contributed by atoms with van der Waals surface area (Å²) in [6.45, 7) is 9.96. The number of nitrogens with zero attached hydrogens (tertiary/aromatic N) is 1. The lowest BCUT2D eigenvalue weighted by atomic mass is 9.95. The van der Waals surface area contributed by atoms with Crippen molar-refractivity contribution in [3.63, 3.8) is 0 Å². The quantitative estimate of drug-likeness (QED) is 0.271. The molecular weight excluding hydrogens is 398 g/mol. The summed E-state index contributed by atoms with van der Waals surface area (Å²) < 4.78 is 11.2. The molecule has 0 saturated heterocycles. The van der Waals surface area contributed by atoms with Gasteiger partial charge in [-0.1, -0.05) is 17.7 Å². The van der Waals surface area contributed by atoms with Crippen LogP contribution in [-0.4, -0.2) is 18.1 Å². The van der Waals surface area contributed by atoms with Crippen molar-refractivity contribution in [3.05, 3.63) is 88.0 Å². The van der Waals surface area contributed by atoms with Gasteiger partial charge in [-0.15, -0.1) is 0 Å². The van der Waals surface area contributed by atoms with Crippen LogP contribution in [0.2, 0.25) is 0 Å². The second-order valence-electron chi connectivity index (χ2n) is 8.38. The SMILES string of the molecule is COc1ccc(-c2nc3c(C)cc(C)cc3c(C(=O)Oc3cc(C)cc(C)c3)c2C)cc1. The number of hydrogen-bond donors (Lipinski definition) is 0. The molecule has 0 aliphatic carbocycles. The Morgan fingerprint density at radius 2 is 1.41 bits per heavy atom. The molecule has 4 heteroatoms. The third kappa shape index (κ3) is 4.09. The highest BCUT2D eigenvalue weighted by Gasteiger charge is 2.22. The van der Waals surface area contributed by atoms with Gasteiger partial charge in [-0.2, -0.15) is 0 Å². The number of rotatable bonds is 4. The molecule has 3 aromatic carbocycles. The highest BCUT2D eigenvalue weighted by molar-refractivity contribution is 6.08. The van der Waals surface area contributed by atoms with Crippen molar-refractivity contribution in [2.75, 3.05) is 7.11 Å². The number of methoxy groups -OCH3 is 1. The Hall–Kier alpha value is -3.66. The average Bonchev–Trinajstić information content (AvgIpc) is 2.72. The molecule has 0 bridgehead atoms. The summed E-state index contributed by atoms with van der Waals surface area (Å²) in [5, 5.41) is 0.812. The number of ether oxygens (including phenoxy) is 2. The van der Waals surface area contributed by atoms with Crippen molar-refractivity contribution in [3.8, 4) is 22.8 Å². The van der Waals surface area contributed by atoms with Crippen LogP contribution in [0, 0.1) is 34.6 Å². The molecular formula is C28H27NO3. The van der Waals surface area contributed by atoms with Crippen LogP contribution < -0.4 is 9.47 Å². The minimum atomic E-state index is -0.375. The molecule has 0 amide bonds. The Morgan fingerprint density at radius 3 is 2.03 bits per heavy atom. The van der Waals surface area contributed by atoms with Crippen LogP contribution in [0.1, 0.15) is 38.2 Å². The average molecular weight is 426 g/mol. The molecule has 162 valence electrons. The second kappa shape index (κ2) is 8.46. The van der Waals surface area contributed by atoms with E-state index in [1.165, 1.54) is 0 Å². The summed E-state index contributed by atoms with van der Waals surface area (Å²) in [5.74, 6) is 0.945. The van der Waals surface area contributed by atoms with Crippen molar-refractivity contribution in [1.82, 2.24) is 4.98 Å². The van der Waals surface area contributed by atoms with Gasteiger partial charge in [0, 0.05) is 10.9 Å². The third-order valence-electron chi connectivity index (χ3n) is 5.64. The fourth-order valence-corrected chi connectivity index (χ4v) is 4.26. The summed E-state index contributed by atoms with van der Waals surface area (Å²) in [6.07, 6.45) is 0. The number of fused-ring (bicyclic) bond motifs is 1. The number of pyridine rings is 1. The summed E-state index contributed by atoms with van der Waals surface area (Å²) in [7, 11) is 1.64. The van der Waals surface area contributed by atoms with Gasteiger partial charge in [-0.05, 0) is 99.3 Å². The van der Waals surface area contributed by atoms with Crippen molar-refractivity contribution in [2.45, 2.75) is 34.6 Å². The monoisotopic (exact) mass is 425 g/mol. The summed E-state index contributed by atoms with van der Waals surface area (Å²) in [6, 6.07) is 17.6. The molecule has 0 saturated carbocycles. The Morgan fingerprint density at radius 1 is 0.781 bits per heavy atom. The molecule has 0 aliphatic heterocycles. The smallest absolute Gasteiger partial charge is 0.344 e. The van der Waals surface area contributed by atoms with E-state index in [1.807, 2.05) is 77.1 Å². The van der Waals surface area contributed by atoms with Crippen molar-refractivity contribution in [1.29, 1.82) is 0 Å². The number of aryl methyl sites for hydroxylation is 4. The van der Waals surface area contributed by atoms with Gasteiger partial charge in [0.25, 0.3) is 0 Å². The maximum atomic E-state index is 13.5. The number of benzene rings is 3. The molecule has 0 N–H and O–H groups in total. The summed E-state index contributed by atoms with van der Waals surface area (Å²) in [4.78, 5) is 18.5. The number of hydrogen-bond acceptors (Lipinski definition) is 4. The van der Waals surface area contributed by atoms with Gasteiger partial charge in [0.15, 0.2) is 0 Å². The fraction of sp³-hybridized carbons (Fsp3) is 0.214. The molecule has 0 fully saturated rings. The normalized spacial score (nSPS) is 10.9. The van der Waals surface area contributed by atoms with Gasteiger partial charge >= 0.3 is 5.97 Å². The molecule has 32 heavy (non-hydrogen) atoms. The van der Waals surface area contributed by atoms with Crippen LogP contribution in [0.3, 0.4) is 0 Å². The van der Waals surface area contributed by atoms with E-state index < -0.39 is 0 Å². The lowest BCUT2D eigenvalue weighted by Crippen LogP contribution is -2.13. The Balaban J connectivity index is 1.92. The first-order valence-corrected chi connectivity index (χ1v) is 10.6. The van der Waals surface area contributed by atoms with Gasteiger partial charge in [0.1, 0.15) is 11.5 Å². The first-order valence-electron chi connectivity index (χ1n) is 10.6. The zero-order valence-electron chi connectivity index (χ0n) is 19.4. The van der Waals surface area contributed by atoms with Crippen molar-refractivity contribution in [2.24, 2.45) is 0 Å². The molecule has 0 radical (unpaired) electrons. The molecule has 4 aromatic rings. The van der Waals surface area contributed by atoms with E-state index in [4.69, 9.17) is 14.5 Å². The first kappa shape index (κ1) is 21.6. The number of carbonyl (C=O) groups is 1. The maximum absolute atomic E-state index is 13.5. The molecule has 1 aromatic heterocycles. The van der Waals surface area contributed by atoms with E-state index in [2.05, 4.69) is 12.1 Å². The minimum absolute atomic E-state index is 0.375. The third-order valence-corrected chi connectivity index (χ3v) is 5.64. The number of aromatic nitrogens is 1. The highest BCUT2D eigenvalue weighted by atomic mass is 16.5. The van der Waals surface area contributed by atoms with E-state index in [9.17, 15) is 4.79 Å². The van der Waals surface area contributed by atoms with Crippen molar-refractivity contribution < 1.29 is 14.3 Å². The fourth-order valence-electron chi connectivity index (χ4n) is 4.26. The Bertz CT molecular complexity index is 1320. The molecule has 0 atom stereocenters. The number of esters is 1. The van der Waals surface area contributed by atoms with Crippen LogP contribution in [0.4, 0.5) is 0 Å². The van der Waals surface area contributed by atoms with E-state index in [0.29, 0.717) is 11.3 Å². The van der Waals surface area contributed by atoms with Crippen molar-refractivity contribution >= 4 is 16.9 Å². The Labute approximate surface area is 188 Å². The van der Waals surface area contributed by atoms with Gasteiger partial charge in [0.2, 0.25) is 0 Å². The van der Waals surface area contributed by atoms with Gasteiger partial charge in [0.05, 0.1) is 23.9 Å². The van der Waals surface area contributed by atoms with E-state index in [1.54, 1.807) is 7.11 Å². The highest BCUT2D eigenvalue weighted by Crippen LogP contribution is 2.33. The van der Waals surface area contributed by atoms with Crippen LogP contribution in [0.15, 0.2) is 54.6 Å². The Kier molecular flexibility index (Phi) is 5.70. The maximum Gasteiger partial charge on any atom is 0.344 e. The molecule has 4 rings (SSSR count). The number of carbonyl (C=O) groups excluding carboxylic acids is 1. The van der Waals surface area contributed by atoms with Crippen LogP contribution in [-0.2, 0) is 0 Å². The molecule has 4 nitrogen and oxygen atoms in total. The molecule has 0 unspecified atom stereocenters. The molecule has 0 aliphatic rings. The van der Waals surface area contributed by atoms with E-state index in [0.717, 1.165) is 55.7 Å².